The van der Waals surface area contributed by atoms with Gasteiger partial charge in [0.1, 0.15) is 0 Å². The van der Waals surface area contributed by atoms with E-state index in [9.17, 15) is 4.79 Å². The third-order valence-corrected chi connectivity index (χ3v) is 1.96. The van der Waals surface area contributed by atoms with Crippen LogP contribution in [0.1, 0.15) is 57.5 Å². The van der Waals surface area contributed by atoms with Gasteiger partial charge in [-0.3, -0.25) is 4.79 Å². The highest BCUT2D eigenvalue weighted by molar-refractivity contribution is 5.94. The number of amides is 1. The highest BCUT2D eigenvalue weighted by atomic mass is 16.1. The fraction of sp³-hybridized carbons (Fsp3) is 0.533. The summed E-state index contributed by atoms with van der Waals surface area (Å²) in [6.45, 7) is 12.7. The Morgan fingerprint density at radius 3 is 1.82 bits per heavy atom. The van der Waals surface area contributed by atoms with Gasteiger partial charge in [-0.25, -0.2) is 0 Å². The number of hydrogen-bond acceptors (Lipinski definition) is 1. The van der Waals surface area contributed by atoms with Crippen LogP contribution in [0.3, 0.4) is 0 Å². The second kappa shape index (κ2) is 12.8. The Balaban J connectivity index is 0. The summed E-state index contributed by atoms with van der Waals surface area (Å²) in [6.07, 6.45) is 1.01. The molecule has 0 atom stereocenters. The number of rotatable bonds is 3. The lowest BCUT2D eigenvalue weighted by Crippen LogP contribution is -2.22. The molecule has 1 aromatic carbocycles. The molecule has 1 rings (SSSR count). The van der Waals surface area contributed by atoms with E-state index in [1.807, 2.05) is 58.9 Å². The molecule has 0 saturated heterocycles. The van der Waals surface area contributed by atoms with Crippen LogP contribution < -0.4 is 5.32 Å². The van der Waals surface area contributed by atoms with Crippen molar-refractivity contribution in [2.24, 2.45) is 0 Å². The van der Waals surface area contributed by atoms with Gasteiger partial charge >= 0.3 is 0 Å². The molecule has 1 amide bonds. The summed E-state index contributed by atoms with van der Waals surface area (Å²) >= 11 is 0. The maximum atomic E-state index is 11.3. The Morgan fingerprint density at radius 1 is 1.00 bits per heavy atom. The molecule has 0 spiro atoms. The topological polar surface area (TPSA) is 29.1 Å². The van der Waals surface area contributed by atoms with Gasteiger partial charge in [-0.05, 0) is 31.0 Å². The molecular formula is C15H27NO. The van der Waals surface area contributed by atoms with Gasteiger partial charge in [-0.15, -0.1) is 0 Å². The SMILES string of the molecule is CC.CC.CCNC(=O)c1ccc(CC)cc1. The molecule has 17 heavy (non-hydrogen) atoms. The zero-order chi connectivity index (χ0) is 13.7. The fourth-order valence-corrected chi connectivity index (χ4v) is 1.15. The maximum absolute atomic E-state index is 11.3. The Kier molecular flexibility index (Phi) is 13.6. The van der Waals surface area contributed by atoms with Crippen LogP contribution in [0.2, 0.25) is 0 Å². The molecule has 0 radical (unpaired) electrons. The van der Waals surface area contributed by atoms with Crippen LogP contribution in [-0.2, 0) is 6.42 Å². The van der Waals surface area contributed by atoms with Crippen LogP contribution in [0.4, 0.5) is 0 Å². The minimum Gasteiger partial charge on any atom is -0.352 e. The Hall–Kier alpha value is -1.31. The van der Waals surface area contributed by atoms with E-state index in [2.05, 4.69) is 12.2 Å². The third kappa shape index (κ3) is 7.56. The molecule has 2 heteroatoms. The number of aryl methyl sites for hydroxylation is 1. The Bertz CT molecular complexity index is 277. The molecule has 0 aliphatic rings. The van der Waals surface area contributed by atoms with E-state index >= 15 is 0 Å². The molecule has 0 unspecified atom stereocenters. The fourth-order valence-electron chi connectivity index (χ4n) is 1.15. The Morgan fingerprint density at radius 2 is 1.47 bits per heavy atom. The predicted octanol–water partition coefficient (Wildman–Crippen LogP) is 4.05. The second-order valence-electron chi connectivity index (χ2n) is 2.91. The van der Waals surface area contributed by atoms with Gasteiger partial charge in [0.2, 0.25) is 0 Å². The van der Waals surface area contributed by atoms with Crippen molar-refractivity contribution >= 4 is 5.91 Å². The molecule has 0 fully saturated rings. The lowest BCUT2D eigenvalue weighted by atomic mass is 10.1. The monoisotopic (exact) mass is 237 g/mol. The number of hydrogen-bond donors (Lipinski definition) is 1. The average molecular weight is 237 g/mol. The smallest absolute Gasteiger partial charge is 0.251 e. The summed E-state index contributed by atoms with van der Waals surface area (Å²) in [5, 5.41) is 2.76. The minimum atomic E-state index is 0.00477. The lowest BCUT2D eigenvalue weighted by Gasteiger charge is -2.02. The summed E-state index contributed by atoms with van der Waals surface area (Å²) in [5.74, 6) is 0.00477. The van der Waals surface area contributed by atoms with Gasteiger partial charge in [0.25, 0.3) is 5.91 Å². The van der Waals surface area contributed by atoms with Crippen molar-refractivity contribution in [3.05, 3.63) is 35.4 Å². The quantitative estimate of drug-likeness (QED) is 0.844. The molecule has 98 valence electrons. The first kappa shape index (κ1) is 18.1. The van der Waals surface area contributed by atoms with Gasteiger partial charge in [-0.2, -0.15) is 0 Å². The first-order valence-electron chi connectivity index (χ1n) is 6.65. The van der Waals surface area contributed by atoms with Crippen molar-refractivity contribution in [1.82, 2.24) is 5.32 Å². The van der Waals surface area contributed by atoms with Crippen molar-refractivity contribution in [2.75, 3.05) is 6.54 Å². The second-order valence-corrected chi connectivity index (χ2v) is 2.91. The van der Waals surface area contributed by atoms with Crippen LogP contribution in [0.15, 0.2) is 24.3 Å². The van der Waals surface area contributed by atoms with E-state index in [1.54, 1.807) is 0 Å². The van der Waals surface area contributed by atoms with Crippen LogP contribution in [-0.4, -0.2) is 12.5 Å². The summed E-state index contributed by atoms with van der Waals surface area (Å²) in [7, 11) is 0. The van der Waals surface area contributed by atoms with Crippen molar-refractivity contribution in [3.63, 3.8) is 0 Å². The van der Waals surface area contributed by atoms with Gasteiger partial charge in [0.15, 0.2) is 0 Å². The molecule has 0 aromatic heterocycles. The van der Waals surface area contributed by atoms with Crippen molar-refractivity contribution in [1.29, 1.82) is 0 Å². The van der Waals surface area contributed by atoms with Gasteiger partial charge in [-0.1, -0.05) is 46.8 Å². The van der Waals surface area contributed by atoms with Gasteiger partial charge in [0.05, 0.1) is 0 Å². The Labute approximate surface area is 106 Å². The zero-order valence-corrected chi connectivity index (χ0v) is 12.1. The third-order valence-electron chi connectivity index (χ3n) is 1.96. The van der Waals surface area contributed by atoms with E-state index in [0.717, 1.165) is 12.0 Å². The number of benzene rings is 1. The number of carbonyl (C=O) groups is 1. The van der Waals surface area contributed by atoms with Gasteiger partial charge < -0.3 is 5.32 Å². The minimum absolute atomic E-state index is 0.00477. The van der Waals surface area contributed by atoms with E-state index in [0.29, 0.717) is 6.54 Å². The van der Waals surface area contributed by atoms with Crippen LogP contribution in [0.5, 0.6) is 0 Å². The molecule has 0 bridgehead atoms. The van der Waals surface area contributed by atoms with E-state index < -0.39 is 0 Å². The molecule has 2 nitrogen and oxygen atoms in total. The van der Waals surface area contributed by atoms with Crippen LogP contribution in [0, 0.1) is 0 Å². The zero-order valence-electron chi connectivity index (χ0n) is 12.1. The van der Waals surface area contributed by atoms with Crippen molar-refractivity contribution in [3.8, 4) is 0 Å². The molecule has 0 saturated carbocycles. The lowest BCUT2D eigenvalue weighted by molar-refractivity contribution is 0.0956. The highest BCUT2D eigenvalue weighted by Gasteiger charge is 2.01. The molecule has 0 heterocycles. The standard InChI is InChI=1S/C11H15NO.2C2H6/c1-3-9-5-7-10(8-6-9)11(13)12-4-2;2*1-2/h5-8H,3-4H2,1-2H3,(H,12,13);2*1-2H3. The van der Waals surface area contributed by atoms with Crippen molar-refractivity contribution in [2.45, 2.75) is 48.0 Å². The summed E-state index contributed by atoms with van der Waals surface area (Å²) in [6, 6.07) is 7.71. The largest absolute Gasteiger partial charge is 0.352 e. The molecular weight excluding hydrogens is 210 g/mol. The average Bonchev–Trinajstić information content (AvgIpc) is 2.43. The number of nitrogens with one attached hydrogen (secondary N) is 1. The predicted molar refractivity (Wildman–Crippen MR) is 76.5 cm³/mol. The molecule has 0 aliphatic heterocycles. The number of carbonyl (C=O) groups excluding carboxylic acids is 1. The van der Waals surface area contributed by atoms with Crippen LogP contribution >= 0.6 is 0 Å². The van der Waals surface area contributed by atoms with E-state index in [1.165, 1.54) is 5.56 Å². The first-order chi connectivity index (χ1) is 8.27. The van der Waals surface area contributed by atoms with Crippen molar-refractivity contribution < 1.29 is 4.79 Å². The van der Waals surface area contributed by atoms with Crippen LogP contribution in [0.25, 0.3) is 0 Å². The summed E-state index contributed by atoms with van der Waals surface area (Å²) in [5.41, 5.74) is 1.99. The summed E-state index contributed by atoms with van der Waals surface area (Å²) in [4.78, 5) is 11.3. The van der Waals surface area contributed by atoms with Gasteiger partial charge in [0, 0.05) is 12.1 Å². The van der Waals surface area contributed by atoms with E-state index in [4.69, 9.17) is 0 Å². The molecule has 0 aliphatic carbocycles. The molecule has 1 aromatic rings. The first-order valence-corrected chi connectivity index (χ1v) is 6.65. The summed E-state index contributed by atoms with van der Waals surface area (Å²) < 4.78 is 0. The normalized spacial score (nSPS) is 8.12. The maximum Gasteiger partial charge on any atom is 0.251 e. The highest BCUT2D eigenvalue weighted by Crippen LogP contribution is 2.04. The van der Waals surface area contributed by atoms with E-state index in [-0.39, 0.29) is 5.91 Å². The molecule has 1 N–H and O–H groups in total.